The van der Waals surface area contributed by atoms with Gasteiger partial charge >= 0.3 is 0 Å². The first kappa shape index (κ1) is 17.1. The maximum Gasteiger partial charge on any atom is 0.266 e. The lowest BCUT2D eigenvalue weighted by molar-refractivity contribution is -0.123. The molecule has 24 heavy (non-hydrogen) atoms. The number of rotatable bonds is 3. The molecule has 1 aliphatic heterocycles. The second kappa shape index (κ2) is 7.05. The number of nitrogens with zero attached hydrogens (tertiary/aromatic N) is 1. The number of thioether (sulfide) groups is 1. The molecule has 1 amide bonds. The van der Waals surface area contributed by atoms with Crippen LogP contribution < -0.4 is 0 Å². The summed E-state index contributed by atoms with van der Waals surface area (Å²) in [6.07, 6.45) is 1.47. The van der Waals surface area contributed by atoms with Crippen LogP contribution in [0.2, 0.25) is 5.02 Å². The average Bonchev–Trinajstić information content (AvgIpc) is 2.85. The van der Waals surface area contributed by atoms with Crippen LogP contribution in [0.1, 0.15) is 24.1 Å². The van der Waals surface area contributed by atoms with Gasteiger partial charge in [0.05, 0.1) is 16.0 Å². The Bertz CT molecular complexity index is 818. The van der Waals surface area contributed by atoms with Gasteiger partial charge < -0.3 is 0 Å². The van der Waals surface area contributed by atoms with Gasteiger partial charge in [-0.1, -0.05) is 72.0 Å². The molecule has 1 aliphatic rings. The molecule has 0 aromatic heterocycles. The van der Waals surface area contributed by atoms with E-state index in [9.17, 15) is 9.18 Å². The Labute approximate surface area is 154 Å². The first-order valence-corrected chi connectivity index (χ1v) is 8.85. The summed E-state index contributed by atoms with van der Waals surface area (Å²) in [7, 11) is 0. The van der Waals surface area contributed by atoms with Crippen LogP contribution in [0.5, 0.6) is 0 Å². The van der Waals surface area contributed by atoms with Gasteiger partial charge in [0.15, 0.2) is 0 Å². The minimum Gasteiger partial charge on any atom is -0.286 e. The van der Waals surface area contributed by atoms with E-state index in [0.717, 1.165) is 17.3 Å². The zero-order valence-corrected chi connectivity index (χ0v) is 15.1. The normalized spacial score (nSPS) is 17.6. The zero-order chi connectivity index (χ0) is 17.3. The molecule has 0 N–H and O–H groups in total. The highest BCUT2D eigenvalue weighted by Crippen LogP contribution is 2.38. The molecule has 1 unspecified atom stereocenters. The fourth-order valence-corrected chi connectivity index (χ4v) is 4.09. The monoisotopic (exact) mass is 377 g/mol. The summed E-state index contributed by atoms with van der Waals surface area (Å²) in [5.74, 6) is -0.704. The third kappa shape index (κ3) is 3.24. The van der Waals surface area contributed by atoms with Crippen molar-refractivity contribution in [1.82, 2.24) is 4.90 Å². The van der Waals surface area contributed by atoms with Gasteiger partial charge in [0.25, 0.3) is 5.91 Å². The molecule has 2 nitrogen and oxygen atoms in total. The quantitative estimate of drug-likeness (QED) is 0.524. The van der Waals surface area contributed by atoms with Crippen LogP contribution in [0, 0.1) is 5.82 Å². The van der Waals surface area contributed by atoms with E-state index >= 15 is 0 Å². The average molecular weight is 378 g/mol. The molecule has 1 atom stereocenters. The van der Waals surface area contributed by atoms with Gasteiger partial charge in [-0.3, -0.25) is 9.69 Å². The van der Waals surface area contributed by atoms with E-state index in [1.807, 2.05) is 37.3 Å². The number of carbonyl (C=O) groups excluding carboxylic acids is 1. The number of hydrogen-bond donors (Lipinski definition) is 0. The van der Waals surface area contributed by atoms with Gasteiger partial charge in [0.2, 0.25) is 0 Å². The van der Waals surface area contributed by atoms with Crippen molar-refractivity contribution in [1.29, 1.82) is 0 Å². The van der Waals surface area contributed by atoms with Crippen LogP contribution in [0.15, 0.2) is 53.4 Å². The van der Waals surface area contributed by atoms with Crippen molar-refractivity contribution in [3.63, 3.8) is 0 Å². The second-order valence-electron chi connectivity index (χ2n) is 5.27. The Balaban J connectivity index is 1.94. The third-order valence-electron chi connectivity index (χ3n) is 3.77. The van der Waals surface area contributed by atoms with Crippen molar-refractivity contribution >= 4 is 51.9 Å². The highest BCUT2D eigenvalue weighted by Gasteiger charge is 2.36. The summed E-state index contributed by atoms with van der Waals surface area (Å²) in [5, 5.41) is 0.261. The van der Waals surface area contributed by atoms with Crippen LogP contribution in [-0.4, -0.2) is 15.1 Å². The molecule has 6 heteroatoms. The molecular weight excluding hydrogens is 365 g/mol. The van der Waals surface area contributed by atoms with E-state index in [1.165, 1.54) is 18.2 Å². The Hall–Kier alpha value is -1.69. The zero-order valence-electron chi connectivity index (χ0n) is 12.7. The topological polar surface area (TPSA) is 20.3 Å². The van der Waals surface area contributed by atoms with Gasteiger partial charge in [0.1, 0.15) is 10.1 Å². The maximum atomic E-state index is 14.0. The van der Waals surface area contributed by atoms with Gasteiger partial charge in [-0.05, 0) is 30.7 Å². The van der Waals surface area contributed by atoms with Crippen molar-refractivity contribution in [2.24, 2.45) is 0 Å². The number of thiocarbonyl (C=S) groups is 1. The summed E-state index contributed by atoms with van der Waals surface area (Å²) in [6.45, 7) is 1.92. The van der Waals surface area contributed by atoms with E-state index in [-0.39, 0.29) is 22.5 Å². The predicted molar refractivity (Wildman–Crippen MR) is 101 cm³/mol. The van der Waals surface area contributed by atoms with Crippen LogP contribution in [0.4, 0.5) is 4.39 Å². The largest absolute Gasteiger partial charge is 0.286 e. The molecule has 0 saturated carbocycles. The fraction of sp³-hybridized carbons (Fsp3) is 0.111. The first-order valence-electron chi connectivity index (χ1n) is 7.25. The minimum atomic E-state index is -0.469. The molecule has 0 aliphatic carbocycles. The lowest BCUT2D eigenvalue weighted by Crippen LogP contribution is -2.30. The molecule has 0 radical (unpaired) electrons. The lowest BCUT2D eigenvalue weighted by atomic mass is 10.1. The third-order valence-corrected chi connectivity index (χ3v) is 5.43. The Morgan fingerprint density at radius 3 is 2.58 bits per heavy atom. The maximum absolute atomic E-state index is 14.0. The Kier molecular flexibility index (Phi) is 5.04. The Morgan fingerprint density at radius 1 is 1.21 bits per heavy atom. The van der Waals surface area contributed by atoms with Crippen LogP contribution in [0.25, 0.3) is 6.08 Å². The summed E-state index contributed by atoms with van der Waals surface area (Å²) < 4.78 is 14.4. The molecule has 0 bridgehead atoms. The first-order chi connectivity index (χ1) is 11.5. The molecule has 2 aromatic rings. The second-order valence-corrected chi connectivity index (χ2v) is 7.36. The van der Waals surface area contributed by atoms with E-state index in [2.05, 4.69) is 0 Å². The van der Waals surface area contributed by atoms with Crippen LogP contribution in [-0.2, 0) is 4.79 Å². The van der Waals surface area contributed by atoms with E-state index in [0.29, 0.717) is 9.23 Å². The standard InChI is InChI=1S/C18H13ClFNOS2/c1-11(12-6-3-2-4-7-12)21-17(22)16(24-18(21)23)10-13-14(19)8-5-9-15(13)20/h2-11H,1H3. The van der Waals surface area contributed by atoms with Crippen molar-refractivity contribution in [3.05, 3.63) is 75.4 Å². The minimum absolute atomic E-state index is 0.194. The van der Waals surface area contributed by atoms with E-state index in [1.54, 1.807) is 11.0 Å². The predicted octanol–water partition coefficient (Wildman–Crippen LogP) is 5.44. The molecule has 1 heterocycles. The molecule has 2 aromatic carbocycles. The van der Waals surface area contributed by atoms with Crippen LogP contribution in [0.3, 0.4) is 0 Å². The van der Waals surface area contributed by atoms with Crippen molar-refractivity contribution in [2.45, 2.75) is 13.0 Å². The van der Waals surface area contributed by atoms with E-state index < -0.39 is 5.82 Å². The Morgan fingerprint density at radius 2 is 1.92 bits per heavy atom. The highest BCUT2D eigenvalue weighted by atomic mass is 35.5. The number of benzene rings is 2. The molecule has 0 spiro atoms. The number of amides is 1. The number of halogens is 2. The number of hydrogen-bond acceptors (Lipinski definition) is 3. The molecule has 1 fully saturated rings. The van der Waals surface area contributed by atoms with Crippen molar-refractivity contribution in [2.75, 3.05) is 0 Å². The van der Waals surface area contributed by atoms with E-state index in [4.69, 9.17) is 23.8 Å². The molecule has 1 saturated heterocycles. The molecule has 122 valence electrons. The van der Waals surface area contributed by atoms with Gasteiger partial charge in [-0.15, -0.1) is 0 Å². The van der Waals surface area contributed by atoms with Crippen LogP contribution >= 0.6 is 35.6 Å². The van der Waals surface area contributed by atoms with Gasteiger partial charge in [0, 0.05) is 5.56 Å². The van der Waals surface area contributed by atoms with Gasteiger partial charge in [-0.2, -0.15) is 0 Å². The summed E-state index contributed by atoms with van der Waals surface area (Å²) >= 11 is 12.5. The summed E-state index contributed by atoms with van der Waals surface area (Å²) in [6, 6.07) is 13.9. The van der Waals surface area contributed by atoms with Crippen molar-refractivity contribution in [3.8, 4) is 0 Å². The molecule has 3 rings (SSSR count). The fourth-order valence-electron chi connectivity index (χ4n) is 2.47. The summed E-state index contributed by atoms with van der Waals surface area (Å²) in [4.78, 5) is 14.7. The number of carbonyl (C=O) groups is 1. The summed E-state index contributed by atoms with van der Waals surface area (Å²) in [5.41, 5.74) is 1.19. The SMILES string of the molecule is CC(c1ccccc1)N1C(=O)C(=Cc2c(F)cccc2Cl)SC1=S. The van der Waals surface area contributed by atoms with Crippen molar-refractivity contribution < 1.29 is 9.18 Å². The smallest absolute Gasteiger partial charge is 0.266 e. The molecular formula is C18H13ClFNOS2. The van der Waals surface area contributed by atoms with Gasteiger partial charge in [-0.25, -0.2) is 4.39 Å². The highest BCUT2D eigenvalue weighted by molar-refractivity contribution is 8.26. The lowest BCUT2D eigenvalue weighted by Gasteiger charge is -2.23.